The van der Waals surface area contributed by atoms with Gasteiger partial charge in [-0.05, 0) is 25.5 Å². The Morgan fingerprint density at radius 1 is 1.30 bits per heavy atom. The van der Waals surface area contributed by atoms with Crippen molar-refractivity contribution in [2.75, 3.05) is 26.2 Å². The van der Waals surface area contributed by atoms with E-state index < -0.39 is 15.8 Å². The van der Waals surface area contributed by atoms with E-state index in [-0.39, 0.29) is 29.3 Å². The van der Waals surface area contributed by atoms with Gasteiger partial charge in [0.25, 0.3) is 0 Å². The Balaban J connectivity index is 2.02. The molecule has 1 aliphatic heterocycles. The van der Waals surface area contributed by atoms with E-state index in [0.717, 1.165) is 4.31 Å². The maximum atomic E-state index is 14.1. The van der Waals surface area contributed by atoms with Gasteiger partial charge in [0.2, 0.25) is 15.9 Å². The molecule has 3 rings (SSSR count). The number of benzene rings is 1. The monoisotopic (exact) mass is 339 g/mol. The summed E-state index contributed by atoms with van der Waals surface area (Å²) in [5.74, 6) is -0.826. The Morgan fingerprint density at radius 2 is 2.09 bits per heavy atom. The van der Waals surface area contributed by atoms with Gasteiger partial charge in [0.15, 0.2) is 0 Å². The van der Waals surface area contributed by atoms with Crippen molar-refractivity contribution in [2.24, 2.45) is 0 Å². The highest BCUT2D eigenvalue weighted by molar-refractivity contribution is 7.89. The van der Waals surface area contributed by atoms with Crippen LogP contribution in [0.25, 0.3) is 10.9 Å². The van der Waals surface area contributed by atoms with Crippen LogP contribution < -0.4 is 0 Å². The molecule has 23 heavy (non-hydrogen) atoms. The summed E-state index contributed by atoms with van der Waals surface area (Å²) in [6, 6.07) is 4.35. The number of nitrogens with one attached hydrogen (secondary N) is 1. The molecule has 0 aliphatic carbocycles. The van der Waals surface area contributed by atoms with Crippen molar-refractivity contribution in [2.45, 2.75) is 18.2 Å². The number of rotatable bonds is 3. The largest absolute Gasteiger partial charge is 0.360 e. The van der Waals surface area contributed by atoms with E-state index >= 15 is 0 Å². The Kier molecular flexibility index (Phi) is 4.11. The molecule has 2 aromatic rings. The highest BCUT2D eigenvalue weighted by Crippen LogP contribution is 2.28. The van der Waals surface area contributed by atoms with Crippen LogP contribution in [0.2, 0.25) is 0 Å². The number of aromatic amines is 1. The van der Waals surface area contributed by atoms with Gasteiger partial charge in [0, 0.05) is 31.3 Å². The number of likely N-dealkylation sites (N-methyl/N-ethyl adjacent to an activating group) is 1. The molecule has 1 aromatic heterocycles. The second kappa shape index (κ2) is 5.93. The molecule has 0 radical (unpaired) electrons. The minimum atomic E-state index is -3.94. The molecule has 1 aliphatic rings. The van der Waals surface area contributed by atoms with E-state index in [1.54, 1.807) is 11.0 Å². The molecule has 1 amide bonds. The van der Waals surface area contributed by atoms with Crippen molar-refractivity contribution in [1.29, 1.82) is 0 Å². The van der Waals surface area contributed by atoms with Crippen LogP contribution in [0.15, 0.2) is 29.3 Å². The van der Waals surface area contributed by atoms with Gasteiger partial charge in [-0.2, -0.15) is 4.31 Å². The van der Waals surface area contributed by atoms with Gasteiger partial charge >= 0.3 is 0 Å². The fourth-order valence-electron chi connectivity index (χ4n) is 2.89. The summed E-state index contributed by atoms with van der Waals surface area (Å²) in [5, 5.41) is 0.0385. The molecule has 1 saturated heterocycles. The number of carbonyl (C=O) groups is 1. The zero-order valence-corrected chi connectivity index (χ0v) is 13.6. The van der Waals surface area contributed by atoms with Crippen molar-refractivity contribution >= 4 is 26.8 Å². The predicted octanol–water partition coefficient (Wildman–Crippen LogP) is 1.55. The lowest BCUT2D eigenvalue weighted by atomic mass is 10.2. The third kappa shape index (κ3) is 2.72. The number of fused-ring (bicyclic) bond motifs is 1. The molecule has 0 unspecified atom stereocenters. The Morgan fingerprint density at radius 3 is 2.83 bits per heavy atom. The van der Waals surface area contributed by atoms with Gasteiger partial charge in [0.05, 0.1) is 11.9 Å². The van der Waals surface area contributed by atoms with Crippen LogP contribution in [-0.4, -0.2) is 54.7 Å². The van der Waals surface area contributed by atoms with Crippen LogP contribution in [-0.2, 0) is 14.8 Å². The van der Waals surface area contributed by atoms with E-state index in [2.05, 4.69) is 4.98 Å². The van der Waals surface area contributed by atoms with Gasteiger partial charge in [-0.1, -0.05) is 6.07 Å². The highest BCUT2D eigenvalue weighted by Gasteiger charge is 2.32. The van der Waals surface area contributed by atoms with Crippen LogP contribution in [0.5, 0.6) is 0 Å². The molecule has 8 heteroatoms. The summed E-state index contributed by atoms with van der Waals surface area (Å²) in [4.78, 5) is 16.4. The molecule has 0 bridgehead atoms. The van der Waals surface area contributed by atoms with Crippen LogP contribution in [0.4, 0.5) is 4.39 Å². The van der Waals surface area contributed by atoms with E-state index in [1.165, 1.54) is 18.3 Å². The summed E-state index contributed by atoms with van der Waals surface area (Å²) in [6.45, 7) is 2.97. The number of halogens is 1. The fourth-order valence-corrected chi connectivity index (χ4v) is 4.49. The first kappa shape index (κ1) is 15.9. The van der Waals surface area contributed by atoms with Crippen LogP contribution in [0.3, 0.4) is 0 Å². The molecule has 0 spiro atoms. The minimum Gasteiger partial charge on any atom is -0.360 e. The standard InChI is InChI=1S/C15H18FN3O3S/c1-2-18-7-4-8-19(10-14(18)20)23(21,22)13-9-17-12-6-3-5-11(16)15(12)13/h3,5-6,9,17H,2,4,7-8,10H2,1H3. The number of nitrogens with zero attached hydrogens (tertiary/aromatic N) is 2. The molecule has 0 saturated carbocycles. The van der Waals surface area contributed by atoms with E-state index in [9.17, 15) is 17.6 Å². The quantitative estimate of drug-likeness (QED) is 0.922. The van der Waals surface area contributed by atoms with Gasteiger partial charge in [0.1, 0.15) is 10.7 Å². The zero-order chi connectivity index (χ0) is 16.6. The Bertz CT molecular complexity index is 847. The first-order chi connectivity index (χ1) is 10.9. The van der Waals surface area contributed by atoms with Crippen molar-refractivity contribution in [1.82, 2.24) is 14.2 Å². The average molecular weight is 339 g/mol. The third-order valence-electron chi connectivity index (χ3n) is 4.12. The Labute approximate surface area is 133 Å². The Hall–Kier alpha value is -1.93. The van der Waals surface area contributed by atoms with E-state index in [1.807, 2.05) is 6.92 Å². The van der Waals surface area contributed by atoms with Gasteiger partial charge < -0.3 is 9.88 Å². The lowest BCUT2D eigenvalue weighted by Gasteiger charge is -2.20. The summed E-state index contributed by atoms with van der Waals surface area (Å²) in [6.07, 6.45) is 1.85. The maximum Gasteiger partial charge on any atom is 0.245 e. The van der Waals surface area contributed by atoms with Crippen LogP contribution >= 0.6 is 0 Å². The number of H-pyrrole nitrogens is 1. The van der Waals surface area contributed by atoms with Crippen LogP contribution in [0.1, 0.15) is 13.3 Å². The first-order valence-electron chi connectivity index (χ1n) is 7.48. The first-order valence-corrected chi connectivity index (χ1v) is 8.92. The molecular weight excluding hydrogens is 321 g/mol. The fraction of sp³-hybridized carbons (Fsp3) is 0.400. The molecule has 0 atom stereocenters. The number of aromatic nitrogens is 1. The highest BCUT2D eigenvalue weighted by atomic mass is 32.2. The third-order valence-corrected chi connectivity index (χ3v) is 5.99. The second-order valence-corrected chi connectivity index (χ2v) is 7.39. The molecule has 1 fully saturated rings. The number of hydrogen-bond donors (Lipinski definition) is 1. The van der Waals surface area contributed by atoms with Gasteiger partial charge in [-0.3, -0.25) is 4.79 Å². The van der Waals surface area contributed by atoms with Gasteiger partial charge in [-0.25, -0.2) is 12.8 Å². The van der Waals surface area contributed by atoms with E-state index in [0.29, 0.717) is 25.0 Å². The minimum absolute atomic E-state index is 0.0385. The summed E-state index contributed by atoms with van der Waals surface area (Å²) in [7, 11) is -3.94. The second-order valence-electron chi connectivity index (χ2n) is 5.48. The summed E-state index contributed by atoms with van der Waals surface area (Å²) < 4.78 is 41.0. The maximum absolute atomic E-state index is 14.1. The molecular formula is C15H18FN3O3S. The topological polar surface area (TPSA) is 73.5 Å². The van der Waals surface area contributed by atoms with Crippen molar-refractivity contribution in [3.05, 3.63) is 30.2 Å². The van der Waals surface area contributed by atoms with Crippen LogP contribution in [0, 0.1) is 5.82 Å². The lowest BCUT2D eigenvalue weighted by molar-refractivity contribution is -0.130. The average Bonchev–Trinajstić information content (AvgIpc) is 2.87. The van der Waals surface area contributed by atoms with Crippen molar-refractivity contribution < 1.29 is 17.6 Å². The predicted molar refractivity (Wildman–Crippen MR) is 83.9 cm³/mol. The smallest absolute Gasteiger partial charge is 0.245 e. The summed E-state index contributed by atoms with van der Waals surface area (Å²) >= 11 is 0. The molecule has 6 nitrogen and oxygen atoms in total. The van der Waals surface area contributed by atoms with Crippen molar-refractivity contribution in [3.8, 4) is 0 Å². The lowest BCUT2D eigenvalue weighted by Crippen LogP contribution is -2.39. The number of amides is 1. The molecule has 2 heterocycles. The molecule has 1 N–H and O–H groups in total. The number of hydrogen-bond acceptors (Lipinski definition) is 3. The zero-order valence-electron chi connectivity index (χ0n) is 12.8. The normalized spacial score (nSPS) is 17.7. The molecule has 124 valence electrons. The van der Waals surface area contributed by atoms with Gasteiger partial charge in [-0.15, -0.1) is 0 Å². The number of sulfonamides is 1. The summed E-state index contributed by atoms with van der Waals surface area (Å²) in [5.41, 5.74) is 0.417. The molecule has 1 aromatic carbocycles. The SMILES string of the molecule is CCN1CCCN(S(=O)(=O)c2c[nH]c3cccc(F)c23)CC1=O. The number of carbonyl (C=O) groups excluding carboxylic acids is 1. The van der Waals surface area contributed by atoms with E-state index in [4.69, 9.17) is 0 Å². The van der Waals surface area contributed by atoms with Crippen molar-refractivity contribution in [3.63, 3.8) is 0 Å².